The highest BCUT2D eigenvalue weighted by Gasteiger charge is 2.30. The average molecular weight is 217 g/mol. The highest BCUT2D eigenvalue weighted by atomic mass is 16.4. The SMILES string of the molecule is Cc1cc(C(=O)C2CC2)cc2oc(=O)[nH]c12. The van der Waals surface area contributed by atoms with Gasteiger partial charge in [-0.2, -0.15) is 0 Å². The maximum atomic E-state index is 11.9. The van der Waals surface area contributed by atoms with Gasteiger partial charge in [-0.1, -0.05) is 0 Å². The zero-order valence-electron chi connectivity index (χ0n) is 8.87. The van der Waals surface area contributed by atoms with Crippen molar-refractivity contribution in [2.45, 2.75) is 19.8 Å². The lowest BCUT2D eigenvalue weighted by molar-refractivity contribution is 0.0967. The van der Waals surface area contributed by atoms with E-state index in [1.165, 1.54) is 0 Å². The Morgan fingerprint density at radius 2 is 2.19 bits per heavy atom. The first kappa shape index (κ1) is 9.39. The van der Waals surface area contributed by atoms with Crippen molar-refractivity contribution < 1.29 is 9.21 Å². The van der Waals surface area contributed by atoms with E-state index in [1.807, 2.05) is 13.0 Å². The van der Waals surface area contributed by atoms with Crippen molar-refractivity contribution in [3.8, 4) is 0 Å². The molecule has 1 fully saturated rings. The highest BCUT2D eigenvalue weighted by molar-refractivity contribution is 6.01. The molecule has 1 aliphatic rings. The number of carbonyl (C=O) groups is 1. The third kappa shape index (κ3) is 1.38. The van der Waals surface area contributed by atoms with Gasteiger partial charge in [0.2, 0.25) is 0 Å². The summed E-state index contributed by atoms with van der Waals surface area (Å²) in [6, 6.07) is 3.47. The molecule has 4 nitrogen and oxygen atoms in total. The van der Waals surface area contributed by atoms with Crippen LogP contribution in [-0.2, 0) is 0 Å². The molecule has 0 atom stereocenters. The van der Waals surface area contributed by atoms with Crippen molar-refractivity contribution in [3.63, 3.8) is 0 Å². The summed E-state index contributed by atoms with van der Waals surface area (Å²) in [5, 5.41) is 0. The number of ketones is 1. The molecule has 16 heavy (non-hydrogen) atoms. The van der Waals surface area contributed by atoms with Gasteiger partial charge in [0, 0.05) is 11.5 Å². The van der Waals surface area contributed by atoms with Crippen molar-refractivity contribution in [1.29, 1.82) is 0 Å². The lowest BCUT2D eigenvalue weighted by Gasteiger charge is -2.00. The summed E-state index contributed by atoms with van der Waals surface area (Å²) in [5.74, 6) is -0.134. The largest absolute Gasteiger partial charge is 0.417 e. The number of hydrogen-bond acceptors (Lipinski definition) is 3. The maximum absolute atomic E-state index is 11.9. The normalized spacial score (nSPS) is 15.6. The summed E-state index contributed by atoms with van der Waals surface area (Å²) in [7, 11) is 0. The van der Waals surface area contributed by atoms with Crippen LogP contribution >= 0.6 is 0 Å². The second-order valence-electron chi connectivity index (χ2n) is 4.32. The second-order valence-corrected chi connectivity index (χ2v) is 4.32. The molecule has 0 bridgehead atoms. The zero-order valence-corrected chi connectivity index (χ0v) is 8.87. The van der Waals surface area contributed by atoms with Crippen LogP contribution in [0.25, 0.3) is 11.1 Å². The Hall–Kier alpha value is -1.84. The Labute approximate surface area is 91.3 Å². The van der Waals surface area contributed by atoms with Crippen LogP contribution in [0, 0.1) is 12.8 Å². The summed E-state index contributed by atoms with van der Waals surface area (Å²) in [5.41, 5.74) is 2.66. The number of oxazole rings is 1. The lowest BCUT2D eigenvalue weighted by atomic mass is 10.0. The number of rotatable bonds is 2. The van der Waals surface area contributed by atoms with Gasteiger partial charge >= 0.3 is 5.76 Å². The van der Waals surface area contributed by atoms with Crippen LogP contribution < -0.4 is 5.76 Å². The summed E-state index contributed by atoms with van der Waals surface area (Å²) in [6.07, 6.45) is 1.96. The zero-order chi connectivity index (χ0) is 11.3. The van der Waals surface area contributed by atoms with Crippen LogP contribution in [0.5, 0.6) is 0 Å². The van der Waals surface area contributed by atoms with Gasteiger partial charge in [-0.05, 0) is 37.5 Å². The Bertz CT molecular complexity index is 631. The molecule has 1 saturated carbocycles. The van der Waals surface area contributed by atoms with Crippen LogP contribution in [-0.4, -0.2) is 10.8 Å². The molecular formula is C12H11NO3. The van der Waals surface area contributed by atoms with Crippen molar-refractivity contribution in [1.82, 2.24) is 4.98 Å². The molecule has 1 aromatic carbocycles. The van der Waals surface area contributed by atoms with Gasteiger partial charge < -0.3 is 4.42 Å². The third-order valence-corrected chi connectivity index (χ3v) is 2.96. The molecule has 0 amide bonds. The number of Topliss-reactive ketones (excluding diaryl/α,β-unsaturated/α-hetero) is 1. The molecule has 3 rings (SSSR count). The van der Waals surface area contributed by atoms with Crippen molar-refractivity contribution in [2.75, 3.05) is 0 Å². The minimum atomic E-state index is -0.478. The molecular weight excluding hydrogens is 206 g/mol. The number of H-pyrrole nitrogens is 1. The smallest absolute Gasteiger partial charge is 0.408 e. The first-order valence-electron chi connectivity index (χ1n) is 5.33. The Morgan fingerprint density at radius 1 is 1.44 bits per heavy atom. The molecule has 1 heterocycles. The molecule has 0 aliphatic heterocycles. The van der Waals surface area contributed by atoms with Crippen LogP contribution in [0.4, 0.5) is 0 Å². The molecule has 82 valence electrons. The van der Waals surface area contributed by atoms with Crippen molar-refractivity contribution >= 4 is 16.9 Å². The van der Waals surface area contributed by atoms with Gasteiger partial charge in [-0.3, -0.25) is 9.78 Å². The third-order valence-electron chi connectivity index (χ3n) is 2.96. The van der Waals surface area contributed by atoms with Crippen LogP contribution in [0.1, 0.15) is 28.8 Å². The fourth-order valence-electron chi connectivity index (χ4n) is 1.95. The fraction of sp³-hybridized carbons (Fsp3) is 0.333. The Kier molecular flexibility index (Phi) is 1.80. The predicted molar refractivity (Wildman–Crippen MR) is 58.6 cm³/mol. The van der Waals surface area contributed by atoms with E-state index < -0.39 is 5.76 Å². The summed E-state index contributed by atoms with van der Waals surface area (Å²) in [6.45, 7) is 1.86. The van der Waals surface area contributed by atoms with Crippen LogP contribution in [0.2, 0.25) is 0 Å². The minimum Gasteiger partial charge on any atom is -0.408 e. The van der Waals surface area contributed by atoms with Crippen molar-refractivity contribution in [3.05, 3.63) is 33.8 Å². The first-order valence-corrected chi connectivity index (χ1v) is 5.33. The molecule has 1 aliphatic carbocycles. The first-order chi connectivity index (χ1) is 7.65. The van der Waals surface area contributed by atoms with Gasteiger partial charge in [0.15, 0.2) is 11.4 Å². The molecule has 0 radical (unpaired) electrons. The number of fused-ring (bicyclic) bond motifs is 1. The summed E-state index contributed by atoms with van der Waals surface area (Å²) < 4.78 is 4.98. The van der Waals surface area contributed by atoms with Gasteiger partial charge in [0.05, 0.1) is 5.52 Å². The minimum absolute atomic E-state index is 0.161. The molecule has 0 saturated heterocycles. The van der Waals surface area contributed by atoms with Gasteiger partial charge in [0.25, 0.3) is 0 Å². The van der Waals surface area contributed by atoms with E-state index in [-0.39, 0.29) is 11.7 Å². The van der Waals surface area contributed by atoms with Crippen LogP contribution in [0.3, 0.4) is 0 Å². The molecule has 0 spiro atoms. The van der Waals surface area contributed by atoms with Crippen molar-refractivity contribution in [2.24, 2.45) is 5.92 Å². The molecule has 2 aromatic rings. The topological polar surface area (TPSA) is 63.1 Å². The van der Waals surface area contributed by atoms with Gasteiger partial charge in [-0.25, -0.2) is 4.79 Å². The second kappa shape index (κ2) is 3.07. The van der Waals surface area contributed by atoms with Crippen LogP contribution in [0.15, 0.2) is 21.3 Å². The number of nitrogens with one attached hydrogen (secondary N) is 1. The van der Waals surface area contributed by atoms with E-state index in [0.29, 0.717) is 16.7 Å². The molecule has 0 unspecified atom stereocenters. The molecule has 4 heteroatoms. The van der Waals surface area contributed by atoms with E-state index in [2.05, 4.69) is 4.98 Å². The number of aromatic nitrogens is 1. The van der Waals surface area contributed by atoms with E-state index in [1.54, 1.807) is 6.07 Å². The quantitative estimate of drug-likeness (QED) is 0.783. The molecule has 1 aromatic heterocycles. The number of aryl methyl sites for hydroxylation is 1. The standard InChI is InChI=1S/C12H11NO3/c1-6-4-8(11(14)7-2-3-7)5-9-10(6)13-12(15)16-9/h4-5,7H,2-3H2,1H3,(H,13,15). The lowest BCUT2D eigenvalue weighted by Crippen LogP contribution is -2.01. The average Bonchev–Trinajstić information content (AvgIpc) is 3.00. The number of aromatic amines is 1. The summed E-state index contributed by atoms with van der Waals surface area (Å²) >= 11 is 0. The number of benzene rings is 1. The van der Waals surface area contributed by atoms with E-state index in [4.69, 9.17) is 4.42 Å². The van der Waals surface area contributed by atoms with Gasteiger partial charge in [-0.15, -0.1) is 0 Å². The van der Waals surface area contributed by atoms with E-state index >= 15 is 0 Å². The maximum Gasteiger partial charge on any atom is 0.417 e. The predicted octanol–water partition coefficient (Wildman–Crippen LogP) is 2.02. The van der Waals surface area contributed by atoms with Gasteiger partial charge in [0.1, 0.15) is 0 Å². The molecule has 1 N–H and O–H groups in total. The number of carbonyl (C=O) groups excluding carboxylic acids is 1. The summed E-state index contributed by atoms with van der Waals surface area (Å²) in [4.78, 5) is 25.5. The Balaban J connectivity index is 2.19. The monoisotopic (exact) mass is 217 g/mol. The number of hydrogen-bond donors (Lipinski definition) is 1. The Morgan fingerprint density at radius 3 is 2.88 bits per heavy atom. The highest BCUT2D eigenvalue weighted by Crippen LogP contribution is 2.33. The van der Waals surface area contributed by atoms with E-state index in [9.17, 15) is 9.59 Å². The van der Waals surface area contributed by atoms with E-state index in [0.717, 1.165) is 18.4 Å². The fourth-order valence-corrected chi connectivity index (χ4v) is 1.95.